The molecule has 7 heteroatoms. The van der Waals surface area contributed by atoms with Crippen LogP contribution in [0.2, 0.25) is 0 Å². The molecular weight excluding hydrogens is 404 g/mol. The van der Waals surface area contributed by atoms with E-state index in [9.17, 15) is 4.79 Å². The van der Waals surface area contributed by atoms with Crippen LogP contribution in [-0.2, 0) is 9.47 Å². The number of benzene rings is 1. The van der Waals surface area contributed by atoms with Crippen LogP contribution in [0.5, 0.6) is 0 Å². The minimum absolute atomic E-state index is 0.0216. The number of carbonyl (C=O) groups excluding carboxylic acids is 1. The number of amides is 1. The lowest BCUT2D eigenvalue weighted by atomic mass is 9.83. The minimum Gasteiger partial charge on any atom is -0.382 e. The first-order valence-electron chi connectivity index (χ1n) is 12.0. The van der Waals surface area contributed by atoms with Gasteiger partial charge in [-0.1, -0.05) is 12.8 Å². The lowest BCUT2D eigenvalue weighted by Gasteiger charge is -2.39. The average molecular weight is 441 g/mol. The van der Waals surface area contributed by atoms with Gasteiger partial charge in [-0.2, -0.15) is 5.10 Å². The van der Waals surface area contributed by atoms with Gasteiger partial charge in [0.2, 0.25) is 0 Å². The lowest BCUT2D eigenvalue weighted by Crippen LogP contribution is -2.49. The van der Waals surface area contributed by atoms with Gasteiger partial charge in [-0.25, -0.2) is 4.68 Å². The first-order chi connectivity index (χ1) is 15.7. The molecule has 0 bridgehead atoms. The monoisotopic (exact) mass is 440 g/mol. The fraction of sp³-hybridized carbons (Fsp3) is 0.600. The van der Waals surface area contributed by atoms with Crippen molar-refractivity contribution in [2.45, 2.75) is 50.7 Å². The highest BCUT2D eigenvalue weighted by atomic mass is 16.5. The van der Waals surface area contributed by atoms with Crippen LogP contribution < -0.4 is 5.32 Å². The summed E-state index contributed by atoms with van der Waals surface area (Å²) in [5.41, 5.74) is 1.66. The smallest absolute Gasteiger partial charge is 0.251 e. The summed E-state index contributed by atoms with van der Waals surface area (Å²) in [5.74, 6) is 0.516. The topological polar surface area (TPSA) is 68.6 Å². The van der Waals surface area contributed by atoms with Crippen LogP contribution in [0, 0.1) is 5.92 Å². The minimum atomic E-state index is 0.0216. The number of piperidine rings is 1. The van der Waals surface area contributed by atoms with E-state index in [1.54, 1.807) is 18.0 Å². The maximum atomic E-state index is 13.0. The van der Waals surface area contributed by atoms with Gasteiger partial charge in [-0.05, 0) is 68.5 Å². The number of likely N-dealkylation sites (tertiary alicyclic amines) is 1. The van der Waals surface area contributed by atoms with Gasteiger partial charge in [-0.15, -0.1) is 0 Å². The molecule has 2 fully saturated rings. The first kappa shape index (κ1) is 23.0. The van der Waals surface area contributed by atoms with Crippen LogP contribution in [0.4, 0.5) is 0 Å². The van der Waals surface area contributed by atoms with E-state index in [1.807, 2.05) is 36.5 Å². The second kappa shape index (κ2) is 11.6. The van der Waals surface area contributed by atoms with Crippen molar-refractivity contribution in [1.29, 1.82) is 0 Å². The van der Waals surface area contributed by atoms with Gasteiger partial charge in [0.05, 0.1) is 25.0 Å². The zero-order valence-electron chi connectivity index (χ0n) is 19.1. The summed E-state index contributed by atoms with van der Waals surface area (Å²) in [7, 11) is 1.71. The fourth-order valence-electron chi connectivity index (χ4n) is 5.00. The number of nitrogens with zero attached hydrogens (tertiary/aromatic N) is 3. The van der Waals surface area contributed by atoms with Gasteiger partial charge in [0.1, 0.15) is 0 Å². The Morgan fingerprint density at radius 2 is 1.97 bits per heavy atom. The quantitative estimate of drug-likeness (QED) is 0.606. The highest BCUT2D eigenvalue weighted by Gasteiger charge is 2.30. The van der Waals surface area contributed by atoms with Crippen LogP contribution in [0.3, 0.4) is 0 Å². The molecule has 174 valence electrons. The number of methoxy groups -OCH3 is 1. The second-order valence-corrected chi connectivity index (χ2v) is 9.01. The SMILES string of the molecule is COCCOC1CCCN(CC2CCCCC2NC(=O)c2ccc(-n3cccn3)cc2)C1. The molecule has 1 aromatic heterocycles. The molecule has 1 N–H and O–H groups in total. The Morgan fingerprint density at radius 3 is 2.75 bits per heavy atom. The van der Waals surface area contributed by atoms with E-state index in [1.165, 1.54) is 25.7 Å². The largest absolute Gasteiger partial charge is 0.382 e. The van der Waals surface area contributed by atoms with Gasteiger partial charge >= 0.3 is 0 Å². The number of hydrogen-bond acceptors (Lipinski definition) is 5. The molecule has 3 atom stereocenters. The third-order valence-electron chi connectivity index (χ3n) is 6.72. The summed E-state index contributed by atoms with van der Waals surface area (Å²) in [5, 5.41) is 7.59. The molecule has 0 radical (unpaired) electrons. The maximum absolute atomic E-state index is 13.0. The molecule has 1 saturated heterocycles. The van der Waals surface area contributed by atoms with Crippen molar-refractivity contribution < 1.29 is 14.3 Å². The zero-order valence-corrected chi connectivity index (χ0v) is 19.1. The van der Waals surface area contributed by atoms with Crippen LogP contribution in [-0.4, -0.2) is 72.7 Å². The van der Waals surface area contributed by atoms with E-state index in [2.05, 4.69) is 15.3 Å². The molecular formula is C25H36N4O3. The number of ether oxygens (including phenoxy) is 2. The van der Waals surface area contributed by atoms with E-state index in [4.69, 9.17) is 9.47 Å². The predicted octanol–water partition coefficient (Wildman–Crippen LogP) is 3.29. The molecule has 1 amide bonds. The van der Waals surface area contributed by atoms with Crippen molar-refractivity contribution in [2.24, 2.45) is 5.92 Å². The van der Waals surface area contributed by atoms with Crippen molar-refractivity contribution >= 4 is 5.91 Å². The molecule has 1 saturated carbocycles. The number of nitrogens with one attached hydrogen (secondary N) is 1. The number of rotatable bonds is 9. The molecule has 1 aromatic carbocycles. The third-order valence-corrected chi connectivity index (χ3v) is 6.72. The van der Waals surface area contributed by atoms with E-state index < -0.39 is 0 Å². The summed E-state index contributed by atoms with van der Waals surface area (Å²) in [6.45, 7) is 4.45. The predicted molar refractivity (Wildman–Crippen MR) is 124 cm³/mol. The summed E-state index contributed by atoms with van der Waals surface area (Å²) >= 11 is 0. The van der Waals surface area contributed by atoms with Crippen LogP contribution in [0.1, 0.15) is 48.9 Å². The van der Waals surface area contributed by atoms with Gasteiger partial charge < -0.3 is 19.7 Å². The summed E-state index contributed by atoms with van der Waals surface area (Å²) in [6.07, 6.45) is 10.9. The Kier molecular flexibility index (Phi) is 8.31. The molecule has 3 unspecified atom stereocenters. The highest BCUT2D eigenvalue weighted by Crippen LogP contribution is 2.27. The number of aromatic nitrogens is 2. The molecule has 2 heterocycles. The van der Waals surface area contributed by atoms with Crippen molar-refractivity contribution in [3.05, 3.63) is 48.3 Å². The Bertz CT molecular complexity index is 824. The van der Waals surface area contributed by atoms with Crippen molar-refractivity contribution in [3.63, 3.8) is 0 Å². The fourth-order valence-corrected chi connectivity index (χ4v) is 5.00. The maximum Gasteiger partial charge on any atom is 0.251 e. The third kappa shape index (κ3) is 6.18. The van der Waals surface area contributed by atoms with Crippen molar-refractivity contribution in [2.75, 3.05) is 40.0 Å². The molecule has 2 aliphatic rings. The molecule has 7 nitrogen and oxygen atoms in total. The van der Waals surface area contributed by atoms with Gasteiger partial charge in [0, 0.05) is 44.2 Å². The Hall–Kier alpha value is -2.22. The Labute approximate surface area is 191 Å². The highest BCUT2D eigenvalue weighted by molar-refractivity contribution is 5.94. The summed E-state index contributed by atoms with van der Waals surface area (Å²) in [4.78, 5) is 15.5. The number of carbonyl (C=O) groups is 1. The van der Waals surface area contributed by atoms with Gasteiger partial charge in [0.15, 0.2) is 0 Å². The second-order valence-electron chi connectivity index (χ2n) is 9.01. The first-order valence-corrected chi connectivity index (χ1v) is 12.0. The summed E-state index contributed by atoms with van der Waals surface area (Å²) < 4.78 is 12.9. The normalized spacial score (nSPS) is 24.3. The van der Waals surface area contributed by atoms with E-state index >= 15 is 0 Å². The Balaban J connectivity index is 1.31. The Morgan fingerprint density at radius 1 is 1.12 bits per heavy atom. The lowest BCUT2D eigenvalue weighted by molar-refractivity contribution is -0.0254. The van der Waals surface area contributed by atoms with E-state index in [0.29, 0.717) is 30.8 Å². The standard InChI is InChI=1S/C25H36N4O3/c1-31-16-17-32-23-7-4-14-28(19-23)18-21-6-2-3-8-24(21)27-25(30)20-9-11-22(12-10-20)29-15-5-13-26-29/h5,9-13,15,21,23-24H,2-4,6-8,14,16-19H2,1H3,(H,27,30). The van der Waals surface area contributed by atoms with E-state index in [0.717, 1.165) is 38.2 Å². The molecule has 1 aliphatic heterocycles. The van der Waals surface area contributed by atoms with Gasteiger partial charge in [0.25, 0.3) is 5.91 Å². The molecule has 0 spiro atoms. The molecule has 2 aromatic rings. The summed E-state index contributed by atoms with van der Waals surface area (Å²) in [6, 6.07) is 9.78. The van der Waals surface area contributed by atoms with Crippen LogP contribution in [0.15, 0.2) is 42.7 Å². The van der Waals surface area contributed by atoms with Crippen molar-refractivity contribution in [1.82, 2.24) is 20.0 Å². The average Bonchev–Trinajstić information content (AvgIpc) is 3.36. The molecule has 4 rings (SSSR count). The molecule has 32 heavy (non-hydrogen) atoms. The van der Waals surface area contributed by atoms with Gasteiger partial charge in [-0.3, -0.25) is 4.79 Å². The molecule has 1 aliphatic carbocycles. The van der Waals surface area contributed by atoms with Crippen LogP contribution >= 0.6 is 0 Å². The van der Waals surface area contributed by atoms with E-state index in [-0.39, 0.29) is 11.9 Å². The number of hydrogen-bond donors (Lipinski definition) is 1. The van der Waals surface area contributed by atoms with Crippen molar-refractivity contribution in [3.8, 4) is 5.69 Å². The van der Waals surface area contributed by atoms with Crippen LogP contribution in [0.25, 0.3) is 5.69 Å². The zero-order chi connectivity index (χ0) is 22.2.